The van der Waals surface area contributed by atoms with Crippen LogP contribution in [0.25, 0.3) is 0 Å². The molecule has 0 saturated heterocycles. The quantitative estimate of drug-likeness (QED) is 0.483. The van der Waals surface area contributed by atoms with Crippen molar-refractivity contribution in [1.29, 1.82) is 0 Å². The van der Waals surface area contributed by atoms with Gasteiger partial charge >= 0.3 is 0 Å². The molecule has 0 saturated carbocycles. The van der Waals surface area contributed by atoms with Crippen molar-refractivity contribution in [3.63, 3.8) is 0 Å². The minimum Gasteiger partial charge on any atom is -0.504 e. The normalized spacial score (nSPS) is 8.50. The van der Waals surface area contributed by atoms with E-state index in [4.69, 9.17) is 5.11 Å². The van der Waals surface area contributed by atoms with Gasteiger partial charge in [-0.2, -0.15) is 0 Å². The zero-order valence-electron chi connectivity index (χ0n) is 3.75. The lowest BCUT2D eigenvalue weighted by Crippen LogP contribution is -2.27. The lowest BCUT2D eigenvalue weighted by Gasteiger charge is -1.83. The average molecular weight is 135 g/mol. The molecule has 1 aromatic rings. The van der Waals surface area contributed by atoms with E-state index in [0.717, 1.165) is 6.07 Å². The molecule has 0 aliphatic rings. The summed E-state index contributed by atoms with van der Waals surface area (Å²) in [5, 5.41) is 8.18. The van der Waals surface area contributed by atoms with Crippen LogP contribution in [0.15, 0.2) is 15.7 Å². The summed E-state index contributed by atoms with van der Waals surface area (Å²) in [5.41, 5.74) is -1.39. The summed E-state index contributed by atoms with van der Waals surface area (Å²) in [4.78, 5) is 19.7. The van der Waals surface area contributed by atoms with Crippen molar-refractivity contribution in [2.75, 3.05) is 0 Å². The maximum atomic E-state index is 9.89. The molecule has 0 unspecified atom stereocenters. The molecule has 0 atom stereocenters. The van der Waals surface area contributed by atoms with Crippen LogP contribution in [0.5, 0.6) is 5.75 Å². The van der Waals surface area contributed by atoms with Gasteiger partial charge in [0.05, 0.1) is 0 Å². The summed E-state index contributed by atoms with van der Waals surface area (Å²) in [6.45, 7) is 0. The Morgan fingerprint density at radius 2 is 1.88 bits per heavy atom. The fourth-order valence-corrected chi connectivity index (χ4v) is 0.304. The van der Waals surface area contributed by atoms with E-state index in [2.05, 4.69) is 0 Å². The number of rotatable bonds is 0. The van der Waals surface area contributed by atoms with Gasteiger partial charge < -0.3 is 5.11 Å². The topological polar surface area (TPSA) is 54.4 Å². The predicted octanol–water partition coefficient (Wildman–Crippen LogP) is -0.590. The predicted molar refractivity (Wildman–Crippen MR) is 30.3 cm³/mol. The Morgan fingerprint density at radius 3 is 1.88 bits per heavy atom. The van der Waals surface area contributed by atoms with Crippen LogP contribution in [0.4, 0.5) is 0 Å². The van der Waals surface area contributed by atoms with Crippen molar-refractivity contribution >= 4 is 12.4 Å². The second-order valence-electron chi connectivity index (χ2n) is 1.22. The summed E-state index contributed by atoms with van der Waals surface area (Å²) in [6.07, 6.45) is 0. The monoisotopic (exact) mass is 134 g/mol. The molecule has 0 aliphatic heterocycles. The summed E-state index contributed by atoms with van der Waals surface area (Å²) in [6, 6.07) is 0.891. The number of halogens is 1. The molecule has 8 heavy (non-hydrogen) atoms. The zero-order chi connectivity index (χ0) is 5.44. The van der Waals surface area contributed by atoms with E-state index in [9.17, 15) is 9.59 Å². The van der Waals surface area contributed by atoms with Gasteiger partial charge in [-0.15, -0.1) is 12.4 Å². The third kappa shape index (κ3) is 0.721. The highest BCUT2D eigenvalue weighted by molar-refractivity contribution is 5.85. The van der Waals surface area contributed by atoms with Crippen LogP contribution >= 0.6 is 12.4 Å². The molecular formula is C4H3ClO3. The van der Waals surface area contributed by atoms with Gasteiger partial charge in [-0.1, -0.05) is 0 Å². The molecule has 4 heteroatoms. The van der Waals surface area contributed by atoms with E-state index in [1.165, 1.54) is 0 Å². The number of hydrogen-bond acceptors (Lipinski definition) is 3. The molecule has 0 spiro atoms. The van der Waals surface area contributed by atoms with Crippen LogP contribution in [0, 0.1) is 0 Å². The third-order valence-electron chi connectivity index (χ3n) is 0.724. The van der Waals surface area contributed by atoms with E-state index < -0.39 is 16.6 Å². The van der Waals surface area contributed by atoms with Crippen molar-refractivity contribution in [2.45, 2.75) is 0 Å². The number of hydrogen-bond donors (Lipinski definition) is 1. The van der Waals surface area contributed by atoms with Gasteiger partial charge in [0.2, 0.25) is 5.43 Å². The van der Waals surface area contributed by atoms with Crippen LogP contribution in [0.2, 0.25) is 0 Å². The molecule has 0 fully saturated rings. The van der Waals surface area contributed by atoms with Gasteiger partial charge in [0.1, 0.15) is 0 Å². The van der Waals surface area contributed by atoms with Gasteiger partial charge in [-0.05, 0) is 0 Å². The molecule has 3 nitrogen and oxygen atoms in total. The second-order valence-corrected chi connectivity index (χ2v) is 1.22. The Kier molecular flexibility index (Phi) is 1.76. The van der Waals surface area contributed by atoms with Gasteiger partial charge in [-0.3, -0.25) is 9.59 Å². The lowest BCUT2D eigenvalue weighted by molar-refractivity contribution is 0.463. The number of aromatic hydroxyl groups is 1. The molecule has 0 amide bonds. The van der Waals surface area contributed by atoms with Crippen LogP contribution in [-0.4, -0.2) is 5.11 Å². The molecular weight excluding hydrogens is 131 g/mol. The Morgan fingerprint density at radius 1 is 1.38 bits per heavy atom. The smallest absolute Gasteiger partial charge is 0.267 e. The van der Waals surface area contributed by atoms with Crippen LogP contribution in [-0.2, 0) is 0 Å². The second kappa shape index (κ2) is 1.96. The minimum absolute atomic E-state index is 0. The molecule has 1 aromatic carbocycles. The van der Waals surface area contributed by atoms with Crippen molar-refractivity contribution in [3.8, 4) is 5.75 Å². The summed E-state index contributed by atoms with van der Waals surface area (Å²) >= 11 is 0. The largest absolute Gasteiger partial charge is 0.504 e. The fraction of sp³-hybridized carbons (Fsp3) is 0. The zero-order valence-corrected chi connectivity index (χ0v) is 4.57. The van der Waals surface area contributed by atoms with E-state index in [1.54, 1.807) is 0 Å². The van der Waals surface area contributed by atoms with Crippen molar-refractivity contribution in [2.24, 2.45) is 0 Å². The lowest BCUT2D eigenvalue weighted by atomic mass is 10.3. The SMILES string of the molecule is Cl.O=c1cc(O)c1=O. The van der Waals surface area contributed by atoms with E-state index >= 15 is 0 Å². The standard InChI is InChI=1S/C4H2O3.ClH/c5-2-1-3(6)4(2)7;/h1,5H;1H. The maximum Gasteiger partial charge on any atom is 0.267 e. The first-order chi connectivity index (χ1) is 3.22. The fourth-order valence-electron chi connectivity index (χ4n) is 0.304. The molecule has 0 heterocycles. The van der Waals surface area contributed by atoms with E-state index in [1.807, 2.05) is 0 Å². The van der Waals surface area contributed by atoms with Crippen LogP contribution in [0.1, 0.15) is 0 Å². The van der Waals surface area contributed by atoms with Gasteiger partial charge in [0, 0.05) is 6.07 Å². The molecule has 1 N–H and O–H groups in total. The van der Waals surface area contributed by atoms with Gasteiger partial charge in [0.15, 0.2) is 5.75 Å². The Hall–Kier alpha value is -0.830. The third-order valence-corrected chi connectivity index (χ3v) is 0.724. The van der Waals surface area contributed by atoms with Crippen LogP contribution in [0.3, 0.4) is 0 Å². The first kappa shape index (κ1) is 7.17. The molecule has 44 valence electrons. The highest BCUT2D eigenvalue weighted by Gasteiger charge is 2.04. The highest BCUT2D eigenvalue weighted by Crippen LogP contribution is 1.90. The average Bonchev–Trinajstić information content (AvgIpc) is 1.68. The Bertz CT molecular complexity index is 245. The summed E-state index contributed by atoms with van der Waals surface area (Å²) in [5.74, 6) is -0.426. The molecule has 0 aromatic heterocycles. The Labute approximate surface area is 50.7 Å². The molecule has 0 aliphatic carbocycles. The minimum atomic E-state index is -0.778. The maximum absolute atomic E-state index is 9.89. The molecule has 0 radical (unpaired) electrons. The van der Waals surface area contributed by atoms with E-state index in [-0.39, 0.29) is 12.4 Å². The van der Waals surface area contributed by atoms with Crippen molar-refractivity contribution in [3.05, 3.63) is 26.5 Å². The van der Waals surface area contributed by atoms with Crippen LogP contribution < -0.4 is 10.9 Å². The highest BCUT2D eigenvalue weighted by atomic mass is 35.5. The van der Waals surface area contributed by atoms with Gasteiger partial charge in [-0.25, -0.2) is 0 Å². The van der Waals surface area contributed by atoms with Crippen molar-refractivity contribution in [1.82, 2.24) is 0 Å². The molecule has 1 rings (SSSR count). The first-order valence-corrected chi connectivity index (χ1v) is 1.71. The van der Waals surface area contributed by atoms with E-state index in [0.29, 0.717) is 0 Å². The summed E-state index contributed by atoms with van der Waals surface area (Å²) < 4.78 is 0. The van der Waals surface area contributed by atoms with Gasteiger partial charge in [0.25, 0.3) is 5.43 Å². The van der Waals surface area contributed by atoms with Crippen molar-refractivity contribution < 1.29 is 5.11 Å². The summed E-state index contributed by atoms with van der Waals surface area (Å²) in [7, 11) is 0. The first-order valence-electron chi connectivity index (χ1n) is 1.71. The molecule has 0 bridgehead atoms. The Balaban J connectivity index is 0.000000490.